The van der Waals surface area contributed by atoms with Gasteiger partial charge in [-0.1, -0.05) is 24.3 Å². The zero-order valence-corrected chi connectivity index (χ0v) is 9.42. The molecule has 0 saturated heterocycles. The average molecular weight is 215 g/mol. The van der Waals surface area contributed by atoms with Gasteiger partial charge in [-0.2, -0.15) is 0 Å². The van der Waals surface area contributed by atoms with E-state index in [1.165, 1.54) is 0 Å². The first kappa shape index (κ1) is 10.7. The van der Waals surface area contributed by atoms with E-state index in [1.54, 1.807) is 25.1 Å². The lowest BCUT2D eigenvalue weighted by atomic mass is 9.98. The summed E-state index contributed by atoms with van der Waals surface area (Å²) in [6, 6.07) is 10.9. The predicted octanol–water partition coefficient (Wildman–Crippen LogP) is 3.69. The molecular weight excluding hydrogens is 201 g/mol. The molecule has 0 saturated carbocycles. The highest BCUT2D eigenvalue weighted by atomic mass is 19.1. The quantitative estimate of drug-likeness (QED) is 0.721. The smallest absolute Gasteiger partial charge is 0.133 e. The van der Waals surface area contributed by atoms with Gasteiger partial charge in [0.2, 0.25) is 0 Å². The average Bonchev–Trinajstić information content (AvgIpc) is 2.23. The molecule has 82 valence electrons. The maximum Gasteiger partial charge on any atom is 0.133 e. The lowest BCUT2D eigenvalue weighted by Crippen LogP contribution is -1.92. The summed E-state index contributed by atoms with van der Waals surface area (Å²) in [4.78, 5) is 0. The minimum atomic E-state index is -0.157. The fraction of sp³-hybridized carbons (Fsp3) is 0.143. The van der Waals surface area contributed by atoms with Crippen LogP contribution in [0, 0.1) is 19.7 Å². The summed E-state index contributed by atoms with van der Waals surface area (Å²) < 4.78 is 13.9. The monoisotopic (exact) mass is 215 g/mol. The minimum absolute atomic E-state index is 0.157. The van der Waals surface area contributed by atoms with E-state index >= 15 is 0 Å². The van der Waals surface area contributed by atoms with E-state index in [0.29, 0.717) is 16.8 Å². The Hall–Kier alpha value is -1.83. The third-order valence-corrected chi connectivity index (χ3v) is 2.73. The molecule has 0 amide bonds. The maximum absolute atomic E-state index is 13.9. The zero-order chi connectivity index (χ0) is 11.7. The van der Waals surface area contributed by atoms with Gasteiger partial charge in [-0.15, -0.1) is 0 Å². The Bertz CT molecular complexity index is 532. The number of anilines is 1. The van der Waals surface area contributed by atoms with Crippen LogP contribution in [0.2, 0.25) is 0 Å². The SMILES string of the molecule is Cc1cc(N)ccc1-c1cccc(C)c1F. The van der Waals surface area contributed by atoms with Crippen molar-refractivity contribution in [2.75, 3.05) is 5.73 Å². The van der Waals surface area contributed by atoms with Crippen LogP contribution in [0.4, 0.5) is 10.1 Å². The minimum Gasteiger partial charge on any atom is -0.399 e. The summed E-state index contributed by atoms with van der Waals surface area (Å²) >= 11 is 0. The van der Waals surface area contributed by atoms with Gasteiger partial charge in [0.05, 0.1) is 0 Å². The lowest BCUT2D eigenvalue weighted by Gasteiger charge is -2.09. The Labute approximate surface area is 94.7 Å². The van der Waals surface area contributed by atoms with Crippen LogP contribution < -0.4 is 5.73 Å². The van der Waals surface area contributed by atoms with Gasteiger partial charge in [-0.3, -0.25) is 0 Å². The fourth-order valence-corrected chi connectivity index (χ4v) is 1.84. The van der Waals surface area contributed by atoms with Gasteiger partial charge in [0.1, 0.15) is 5.82 Å². The molecule has 0 unspecified atom stereocenters. The zero-order valence-electron chi connectivity index (χ0n) is 9.42. The summed E-state index contributed by atoms with van der Waals surface area (Å²) in [5.41, 5.74) is 9.57. The van der Waals surface area contributed by atoms with Gasteiger partial charge in [-0.25, -0.2) is 4.39 Å². The van der Waals surface area contributed by atoms with Crippen molar-refractivity contribution in [2.24, 2.45) is 0 Å². The number of rotatable bonds is 1. The van der Waals surface area contributed by atoms with Crippen molar-refractivity contribution >= 4 is 5.69 Å². The summed E-state index contributed by atoms with van der Waals surface area (Å²) in [5, 5.41) is 0. The number of benzene rings is 2. The van der Waals surface area contributed by atoms with Crippen molar-refractivity contribution < 1.29 is 4.39 Å². The first-order valence-electron chi connectivity index (χ1n) is 5.21. The molecule has 0 aliphatic heterocycles. The van der Waals surface area contributed by atoms with Gasteiger partial charge in [0.15, 0.2) is 0 Å². The summed E-state index contributed by atoms with van der Waals surface area (Å²) in [6.07, 6.45) is 0. The van der Waals surface area contributed by atoms with Gasteiger partial charge < -0.3 is 5.73 Å². The number of nitrogen functional groups attached to an aromatic ring is 1. The molecular formula is C14H14FN. The van der Waals surface area contributed by atoms with Gasteiger partial charge >= 0.3 is 0 Å². The second kappa shape index (κ2) is 3.97. The van der Waals surface area contributed by atoms with Crippen LogP contribution in [0.3, 0.4) is 0 Å². The third kappa shape index (κ3) is 1.78. The molecule has 0 bridgehead atoms. The van der Waals surface area contributed by atoms with E-state index in [2.05, 4.69) is 0 Å². The highest BCUT2D eigenvalue weighted by Gasteiger charge is 2.09. The lowest BCUT2D eigenvalue weighted by molar-refractivity contribution is 0.622. The molecule has 16 heavy (non-hydrogen) atoms. The predicted molar refractivity (Wildman–Crippen MR) is 65.7 cm³/mol. The summed E-state index contributed by atoms with van der Waals surface area (Å²) in [5.74, 6) is -0.157. The van der Waals surface area contributed by atoms with E-state index in [4.69, 9.17) is 5.73 Å². The molecule has 2 aromatic rings. The van der Waals surface area contributed by atoms with Crippen LogP contribution in [0.25, 0.3) is 11.1 Å². The first-order valence-corrected chi connectivity index (χ1v) is 5.21. The second-order valence-corrected chi connectivity index (χ2v) is 4.01. The standard InChI is InChI=1S/C14H14FN/c1-9-4-3-5-13(14(9)15)12-7-6-11(16)8-10(12)2/h3-8H,16H2,1-2H3. The molecule has 0 aliphatic carbocycles. The summed E-state index contributed by atoms with van der Waals surface area (Å²) in [7, 11) is 0. The van der Waals surface area contributed by atoms with E-state index in [9.17, 15) is 4.39 Å². The normalized spacial score (nSPS) is 10.4. The van der Waals surface area contributed by atoms with E-state index < -0.39 is 0 Å². The Balaban J connectivity index is 2.63. The molecule has 2 aromatic carbocycles. The van der Waals surface area contributed by atoms with Crippen molar-refractivity contribution in [3.63, 3.8) is 0 Å². The fourth-order valence-electron chi connectivity index (χ4n) is 1.84. The Morgan fingerprint density at radius 3 is 2.38 bits per heavy atom. The largest absolute Gasteiger partial charge is 0.399 e. The number of halogens is 1. The van der Waals surface area contributed by atoms with Crippen LogP contribution in [-0.2, 0) is 0 Å². The highest BCUT2D eigenvalue weighted by molar-refractivity contribution is 5.70. The van der Waals surface area contributed by atoms with Crippen LogP contribution in [-0.4, -0.2) is 0 Å². The summed E-state index contributed by atoms with van der Waals surface area (Å²) in [6.45, 7) is 3.71. The van der Waals surface area contributed by atoms with E-state index in [0.717, 1.165) is 11.1 Å². The molecule has 0 heterocycles. The molecule has 0 radical (unpaired) electrons. The molecule has 2 N–H and O–H groups in total. The Morgan fingerprint density at radius 1 is 0.938 bits per heavy atom. The van der Waals surface area contributed by atoms with Crippen LogP contribution in [0.1, 0.15) is 11.1 Å². The molecule has 0 aliphatic rings. The van der Waals surface area contributed by atoms with Crippen molar-refractivity contribution in [3.05, 3.63) is 53.3 Å². The van der Waals surface area contributed by atoms with Crippen molar-refractivity contribution in [1.82, 2.24) is 0 Å². The van der Waals surface area contributed by atoms with Gasteiger partial charge in [-0.05, 0) is 42.7 Å². The Kier molecular flexibility index (Phi) is 2.65. The van der Waals surface area contributed by atoms with Crippen molar-refractivity contribution in [1.29, 1.82) is 0 Å². The second-order valence-electron chi connectivity index (χ2n) is 4.01. The van der Waals surface area contributed by atoms with E-state index in [1.807, 2.05) is 25.1 Å². The topological polar surface area (TPSA) is 26.0 Å². The van der Waals surface area contributed by atoms with Gasteiger partial charge in [0, 0.05) is 11.3 Å². The van der Waals surface area contributed by atoms with Crippen LogP contribution in [0.5, 0.6) is 0 Å². The maximum atomic E-state index is 13.9. The number of aryl methyl sites for hydroxylation is 2. The van der Waals surface area contributed by atoms with Crippen molar-refractivity contribution in [3.8, 4) is 11.1 Å². The number of hydrogen-bond acceptors (Lipinski definition) is 1. The number of hydrogen-bond donors (Lipinski definition) is 1. The molecule has 2 heteroatoms. The molecule has 2 rings (SSSR count). The molecule has 0 aromatic heterocycles. The highest BCUT2D eigenvalue weighted by Crippen LogP contribution is 2.28. The van der Waals surface area contributed by atoms with Crippen LogP contribution in [0.15, 0.2) is 36.4 Å². The number of nitrogens with two attached hydrogens (primary N) is 1. The molecule has 0 spiro atoms. The Morgan fingerprint density at radius 2 is 1.69 bits per heavy atom. The molecule has 0 fully saturated rings. The molecule has 0 atom stereocenters. The first-order chi connectivity index (χ1) is 7.59. The van der Waals surface area contributed by atoms with Crippen molar-refractivity contribution in [2.45, 2.75) is 13.8 Å². The van der Waals surface area contributed by atoms with E-state index in [-0.39, 0.29) is 5.82 Å². The van der Waals surface area contributed by atoms with Crippen LogP contribution >= 0.6 is 0 Å². The third-order valence-electron chi connectivity index (χ3n) is 2.73. The van der Waals surface area contributed by atoms with Gasteiger partial charge in [0.25, 0.3) is 0 Å². The molecule has 1 nitrogen and oxygen atoms in total.